The van der Waals surface area contributed by atoms with Gasteiger partial charge < -0.3 is 4.74 Å². The SMILES string of the molecule is COc1ccc(S(=O)(=O)Nc2cc(C)ccn2)c(NS(=O)(=O)C(F)F)c1. The molecule has 0 saturated heterocycles. The predicted octanol–water partition coefficient (Wildman–Crippen LogP) is 2.16. The van der Waals surface area contributed by atoms with Crippen molar-refractivity contribution in [3.63, 3.8) is 0 Å². The number of methoxy groups -OCH3 is 1. The number of anilines is 2. The van der Waals surface area contributed by atoms with E-state index in [1.54, 1.807) is 17.7 Å². The minimum absolute atomic E-state index is 0.0107. The van der Waals surface area contributed by atoms with Gasteiger partial charge in [0.25, 0.3) is 20.0 Å². The molecule has 0 aliphatic rings. The van der Waals surface area contributed by atoms with E-state index in [0.717, 1.165) is 17.7 Å². The second-order valence-corrected chi connectivity index (χ2v) is 8.40. The van der Waals surface area contributed by atoms with Gasteiger partial charge in [-0.3, -0.25) is 9.44 Å². The molecule has 0 atom stereocenters. The van der Waals surface area contributed by atoms with Crippen molar-refractivity contribution in [1.82, 2.24) is 4.98 Å². The van der Waals surface area contributed by atoms with Gasteiger partial charge in [0.15, 0.2) is 0 Å². The number of halogens is 2. The highest BCUT2D eigenvalue weighted by Gasteiger charge is 2.28. The van der Waals surface area contributed by atoms with E-state index in [1.807, 2.05) is 0 Å². The highest BCUT2D eigenvalue weighted by molar-refractivity contribution is 7.94. The molecule has 142 valence electrons. The van der Waals surface area contributed by atoms with Gasteiger partial charge in [0.1, 0.15) is 16.5 Å². The fourth-order valence-electron chi connectivity index (χ4n) is 1.93. The number of hydrogen-bond donors (Lipinski definition) is 2. The third-order valence-corrected chi connectivity index (χ3v) is 5.50. The predicted molar refractivity (Wildman–Crippen MR) is 91.3 cm³/mol. The summed E-state index contributed by atoms with van der Waals surface area (Å²) < 4.78 is 82.0. The van der Waals surface area contributed by atoms with Crippen LogP contribution in [-0.2, 0) is 20.0 Å². The first-order valence-corrected chi connectivity index (χ1v) is 10.0. The molecule has 0 aliphatic heterocycles. The average molecular weight is 407 g/mol. The van der Waals surface area contributed by atoms with E-state index in [-0.39, 0.29) is 11.6 Å². The first kappa shape index (κ1) is 19.8. The van der Waals surface area contributed by atoms with Crippen molar-refractivity contribution in [1.29, 1.82) is 0 Å². The van der Waals surface area contributed by atoms with Gasteiger partial charge in [-0.1, -0.05) is 0 Å². The van der Waals surface area contributed by atoms with E-state index < -0.39 is 36.4 Å². The van der Waals surface area contributed by atoms with Gasteiger partial charge in [-0.05, 0) is 36.8 Å². The Morgan fingerprint density at radius 2 is 1.77 bits per heavy atom. The Bertz CT molecular complexity index is 1010. The van der Waals surface area contributed by atoms with Gasteiger partial charge >= 0.3 is 5.76 Å². The van der Waals surface area contributed by atoms with Crippen LogP contribution in [0, 0.1) is 6.92 Å². The average Bonchev–Trinajstić information content (AvgIpc) is 2.53. The van der Waals surface area contributed by atoms with Gasteiger partial charge in [-0.2, -0.15) is 8.78 Å². The number of benzene rings is 1. The zero-order valence-corrected chi connectivity index (χ0v) is 15.2. The van der Waals surface area contributed by atoms with Crippen LogP contribution in [0.25, 0.3) is 0 Å². The van der Waals surface area contributed by atoms with Crippen LogP contribution in [-0.4, -0.2) is 34.7 Å². The van der Waals surface area contributed by atoms with Gasteiger partial charge in [0.05, 0.1) is 12.8 Å². The second-order valence-electron chi connectivity index (χ2n) is 5.09. The van der Waals surface area contributed by atoms with Crippen molar-refractivity contribution in [3.8, 4) is 5.75 Å². The molecule has 2 N–H and O–H groups in total. The van der Waals surface area contributed by atoms with E-state index >= 15 is 0 Å². The number of pyridine rings is 1. The first-order valence-electron chi connectivity index (χ1n) is 6.98. The molecule has 0 amide bonds. The third kappa shape index (κ3) is 4.58. The number of aryl methyl sites for hydroxylation is 1. The van der Waals surface area contributed by atoms with Crippen LogP contribution in [0.3, 0.4) is 0 Å². The zero-order valence-electron chi connectivity index (χ0n) is 13.6. The smallest absolute Gasteiger partial charge is 0.355 e. The minimum Gasteiger partial charge on any atom is -0.497 e. The molecule has 1 heterocycles. The molecule has 8 nitrogen and oxygen atoms in total. The second kappa shape index (κ2) is 7.41. The highest BCUT2D eigenvalue weighted by atomic mass is 32.2. The van der Waals surface area contributed by atoms with Crippen LogP contribution in [0.1, 0.15) is 5.56 Å². The minimum atomic E-state index is -5.09. The van der Waals surface area contributed by atoms with Crippen molar-refractivity contribution in [2.45, 2.75) is 17.6 Å². The maximum Gasteiger partial charge on any atom is 0.355 e. The van der Waals surface area contributed by atoms with Gasteiger partial charge in [-0.25, -0.2) is 21.8 Å². The first-order chi connectivity index (χ1) is 12.0. The molecular formula is C14H15F2N3O5S2. The van der Waals surface area contributed by atoms with Crippen molar-refractivity contribution < 1.29 is 30.4 Å². The lowest BCUT2D eigenvalue weighted by Gasteiger charge is -2.15. The van der Waals surface area contributed by atoms with Crippen LogP contribution in [0.15, 0.2) is 41.4 Å². The van der Waals surface area contributed by atoms with Crippen molar-refractivity contribution >= 4 is 31.6 Å². The van der Waals surface area contributed by atoms with E-state index in [2.05, 4.69) is 9.71 Å². The lowest BCUT2D eigenvalue weighted by molar-refractivity contribution is 0.236. The standard InChI is InChI=1S/C14H15F2N3O5S2/c1-9-5-6-17-13(7-9)19-25(20,21)12-4-3-10(24-2)8-11(12)18-26(22,23)14(15)16/h3-8,14,18H,1-2H3,(H,17,19). The molecule has 2 rings (SSSR count). The summed E-state index contributed by atoms with van der Waals surface area (Å²) in [5, 5.41) is 0. The Morgan fingerprint density at radius 3 is 2.35 bits per heavy atom. The maximum atomic E-state index is 12.6. The van der Waals surface area contributed by atoms with Crippen LogP contribution in [0.4, 0.5) is 20.3 Å². The zero-order chi connectivity index (χ0) is 19.5. The number of nitrogens with one attached hydrogen (secondary N) is 2. The molecular weight excluding hydrogens is 392 g/mol. The van der Waals surface area contributed by atoms with Crippen LogP contribution in [0.5, 0.6) is 5.75 Å². The van der Waals surface area contributed by atoms with Gasteiger partial charge in [-0.15, -0.1) is 0 Å². The van der Waals surface area contributed by atoms with Crippen LogP contribution >= 0.6 is 0 Å². The highest BCUT2D eigenvalue weighted by Crippen LogP contribution is 2.29. The molecule has 1 aromatic heterocycles. The monoisotopic (exact) mass is 407 g/mol. The lowest BCUT2D eigenvalue weighted by atomic mass is 10.3. The summed E-state index contributed by atoms with van der Waals surface area (Å²) in [5.74, 6) is -3.68. The van der Waals surface area contributed by atoms with Crippen LogP contribution < -0.4 is 14.2 Å². The summed E-state index contributed by atoms with van der Waals surface area (Å²) >= 11 is 0. The molecule has 0 fully saturated rings. The summed E-state index contributed by atoms with van der Waals surface area (Å²) in [5.41, 5.74) is 0.149. The Morgan fingerprint density at radius 1 is 1.08 bits per heavy atom. The molecule has 0 unspecified atom stereocenters. The molecule has 1 aromatic carbocycles. The van der Waals surface area contributed by atoms with Gasteiger partial charge in [0, 0.05) is 12.3 Å². The van der Waals surface area contributed by atoms with Crippen molar-refractivity contribution in [2.24, 2.45) is 0 Å². The normalized spacial score (nSPS) is 12.0. The number of nitrogens with zero attached hydrogens (tertiary/aromatic N) is 1. The molecule has 2 aromatic rings. The Hall–Kier alpha value is -2.47. The topological polar surface area (TPSA) is 114 Å². The van der Waals surface area contributed by atoms with E-state index in [0.29, 0.717) is 0 Å². The summed E-state index contributed by atoms with van der Waals surface area (Å²) in [6.07, 6.45) is 1.38. The number of aromatic nitrogens is 1. The van der Waals surface area contributed by atoms with Crippen LogP contribution in [0.2, 0.25) is 0 Å². The fourth-order valence-corrected chi connectivity index (χ4v) is 3.71. The molecule has 12 heteroatoms. The van der Waals surface area contributed by atoms with E-state index in [4.69, 9.17) is 4.74 Å². The quantitative estimate of drug-likeness (QED) is 0.727. The lowest BCUT2D eigenvalue weighted by Crippen LogP contribution is -2.23. The summed E-state index contributed by atoms with van der Waals surface area (Å²) in [6.45, 7) is 1.72. The molecule has 0 saturated carbocycles. The maximum absolute atomic E-state index is 12.6. The Labute approximate surface area is 149 Å². The Kier molecular flexibility index (Phi) is 5.66. The number of ether oxygens (including phenoxy) is 1. The number of rotatable bonds is 7. The molecule has 0 spiro atoms. The van der Waals surface area contributed by atoms with E-state index in [9.17, 15) is 25.6 Å². The Balaban J connectivity index is 2.50. The summed E-state index contributed by atoms with van der Waals surface area (Å²) in [7, 11) is -8.16. The molecule has 0 aliphatic carbocycles. The molecule has 0 radical (unpaired) electrons. The molecule has 26 heavy (non-hydrogen) atoms. The van der Waals surface area contributed by atoms with Crippen molar-refractivity contribution in [3.05, 3.63) is 42.1 Å². The number of sulfonamides is 2. The summed E-state index contributed by atoms with van der Waals surface area (Å²) in [4.78, 5) is 3.28. The number of alkyl halides is 2. The summed E-state index contributed by atoms with van der Waals surface area (Å²) in [6, 6.07) is 6.36. The van der Waals surface area contributed by atoms with Gasteiger partial charge in [0.2, 0.25) is 0 Å². The fraction of sp³-hybridized carbons (Fsp3) is 0.214. The van der Waals surface area contributed by atoms with Crippen molar-refractivity contribution in [2.75, 3.05) is 16.6 Å². The molecule has 0 bridgehead atoms. The number of hydrogen-bond acceptors (Lipinski definition) is 6. The third-order valence-electron chi connectivity index (χ3n) is 3.12. The largest absolute Gasteiger partial charge is 0.497 e. The van der Waals surface area contributed by atoms with E-state index in [1.165, 1.54) is 25.4 Å².